The van der Waals surface area contributed by atoms with Crippen LogP contribution in [-0.4, -0.2) is 31.1 Å². The Kier molecular flexibility index (Phi) is 2.17. The fourth-order valence-corrected chi connectivity index (χ4v) is 1.21. The Hall–Kier alpha value is -1.51. The van der Waals surface area contributed by atoms with Crippen molar-refractivity contribution in [2.45, 2.75) is 0 Å². The largest absolute Gasteiger partial charge is 0.463 e. The molecule has 1 saturated heterocycles. The lowest BCUT2D eigenvalue weighted by Crippen LogP contribution is -2.19. The molecule has 68 valence electrons. The molecule has 0 N–H and O–H groups in total. The Bertz CT molecular complexity index is 308. The summed E-state index contributed by atoms with van der Waals surface area (Å²) in [7, 11) is 1.98. The second-order valence-electron chi connectivity index (χ2n) is 3.00. The Balaban J connectivity index is 2.20. The van der Waals surface area contributed by atoms with Gasteiger partial charge in [-0.15, -0.1) is 0 Å². The van der Waals surface area contributed by atoms with Gasteiger partial charge in [-0.2, -0.15) is 4.99 Å². The van der Waals surface area contributed by atoms with Crippen LogP contribution >= 0.6 is 0 Å². The number of hydrogen-bond donors (Lipinski definition) is 0. The summed E-state index contributed by atoms with van der Waals surface area (Å²) in [5.41, 5.74) is 0.936. The second-order valence-corrected chi connectivity index (χ2v) is 3.00. The van der Waals surface area contributed by atoms with Crippen LogP contribution in [0.1, 0.15) is 0 Å². The van der Waals surface area contributed by atoms with Crippen molar-refractivity contribution in [2.24, 2.45) is 4.99 Å². The maximum absolute atomic E-state index is 5.35. The van der Waals surface area contributed by atoms with Gasteiger partial charge in [0.2, 0.25) is 0 Å². The van der Waals surface area contributed by atoms with Gasteiger partial charge in [-0.3, -0.25) is 0 Å². The van der Waals surface area contributed by atoms with Crippen molar-refractivity contribution in [3.8, 4) is 0 Å². The fourth-order valence-electron chi connectivity index (χ4n) is 1.21. The summed E-state index contributed by atoms with van der Waals surface area (Å²) in [6.45, 7) is 1.66. The molecule has 0 amide bonds. The van der Waals surface area contributed by atoms with E-state index in [4.69, 9.17) is 4.74 Å². The number of para-hydroxylation sites is 1. The molecule has 0 atom stereocenters. The van der Waals surface area contributed by atoms with Crippen molar-refractivity contribution >= 4 is 11.7 Å². The fraction of sp³-hybridized carbons (Fsp3) is 0.300. The van der Waals surface area contributed by atoms with Crippen LogP contribution in [0.5, 0.6) is 0 Å². The normalized spacial score (nSPS) is 19.2. The molecular weight excluding hydrogens is 164 g/mol. The van der Waals surface area contributed by atoms with E-state index in [0.717, 1.165) is 18.8 Å². The first-order valence-electron chi connectivity index (χ1n) is 4.34. The molecule has 1 heterocycles. The molecule has 0 saturated carbocycles. The van der Waals surface area contributed by atoms with Gasteiger partial charge in [-0.05, 0) is 12.1 Å². The topological polar surface area (TPSA) is 24.8 Å². The van der Waals surface area contributed by atoms with Crippen LogP contribution in [0.15, 0.2) is 35.3 Å². The lowest BCUT2D eigenvalue weighted by atomic mass is 10.3. The predicted molar refractivity (Wildman–Crippen MR) is 52.1 cm³/mol. The summed E-state index contributed by atoms with van der Waals surface area (Å²) in [5, 5.41) is 0. The molecule has 3 heteroatoms. The summed E-state index contributed by atoms with van der Waals surface area (Å²) < 4.78 is 5.35. The van der Waals surface area contributed by atoms with Gasteiger partial charge in [0, 0.05) is 7.05 Å². The Morgan fingerprint density at radius 3 is 2.69 bits per heavy atom. The monoisotopic (exact) mass is 176 g/mol. The first kappa shape index (κ1) is 8.10. The number of amidine groups is 1. The third-order valence-corrected chi connectivity index (χ3v) is 1.97. The minimum Gasteiger partial charge on any atom is -0.463 e. The van der Waals surface area contributed by atoms with Crippen LogP contribution in [0.3, 0.4) is 0 Å². The van der Waals surface area contributed by atoms with Crippen LogP contribution in [0.2, 0.25) is 0 Å². The molecule has 3 nitrogen and oxygen atoms in total. The van der Waals surface area contributed by atoms with Crippen molar-refractivity contribution in [1.29, 1.82) is 0 Å². The highest BCUT2D eigenvalue weighted by molar-refractivity contribution is 5.78. The zero-order valence-electron chi connectivity index (χ0n) is 7.60. The summed E-state index contributed by atoms with van der Waals surface area (Å²) in [6.07, 6.45) is 0. The van der Waals surface area contributed by atoms with Crippen molar-refractivity contribution in [1.82, 2.24) is 4.90 Å². The number of rotatable bonds is 1. The van der Waals surface area contributed by atoms with Crippen LogP contribution < -0.4 is 0 Å². The average Bonchev–Trinajstić information content (AvgIpc) is 2.54. The zero-order chi connectivity index (χ0) is 9.10. The average molecular weight is 176 g/mol. The van der Waals surface area contributed by atoms with Gasteiger partial charge in [0.1, 0.15) is 6.61 Å². The van der Waals surface area contributed by atoms with Crippen LogP contribution in [-0.2, 0) is 4.74 Å². The Morgan fingerprint density at radius 2 is 2.08 bits per heavy atom. The minimum absolute atomic E-state index is 0.714. The smallest absolute Gasteiger partial charge is 0.292 e. The molecule has 1 aromatic carbocycles. The van der Waals surface area contributed by atoms with Gasteiger partial charge >= 0.3 is 0 Å². The maximum Gasteiger partial charge on any atom is 0.292 e. The van der Waals surface area contributed by atoms with E-state index >= 15 is 0 Å². The first-order valence-corrected chi connectivity index (χ1v) is 4.34. The molecule has 1 aliphatic rings. The van der Waals surface area contributed by atoms with E-state index < -0.39 is 0 Å². The minimum atomic E-state index is 0.714. The van der Waals surface area contributed by atoms with Crippen molar-refractivity contribution in [2.75, 3.05) is 20.2 Å². The third kappa shape index (κ3) is 1.80. The molecule has 1 fully saturated rings. The van der Waals surface area contributed by atoms with E-state index in [1.165, 1.54) is 0 Å². The molecule has 0 bridgehead atoms. The molecule has 1 aromatic rings. The maximum atomic E-state index is 5.35. The molecule has 0 unspecified atom stereocenters. The van der Waals surface area contributed by atoms with Gasteiger partial charge in [-0.1, -0.05) is 18.2 Å². The molecule has 1 aliphatic heterocycles. The quantitative estimate of drug-likeness (QED) is 0.649. The number of likely N-dealkylation sites (N-methyl/N-ethyl adjacent to an activating group) is 1. The van der Waals surface area contributed by atoms with Crippen molar-refractivity contribution < 1.29 is 4.74 Å². The SMILES string of the molecule is CN1CCOC1=Nc1ccccc1. The summed E-state index contributed by atoms with van der Waals surface area (Å²) >= 11 is 0. The second kappa shape index (κ2) is 3.47. The molecule has 0 spiro atoms. The first-order chi connectivity index (χ1) is 6.36. The highest BCUT2D eigenvalue weighted by atomic mass is 16.5. The van der Waals surface area contributed by atoms with Crippen molar-refractivity contribution in [3.63, 3.8) is 0 Å². The van der Waals surface area contributed by atoms with Crippen molar-refractivity contribution in [3.05, 3.63) is 30.3 Å². The third-order valence-electron chi connectivity index (χ3n) is 1.97. The summed E-state index contributed by atoms with van der Waals surface area (Å²) in [6, 6.07) is 10.5. The molecule has 13 heavy (non-hydrogen) atoms. The van der Waals surface area contributed by atoms with E-state index in [1.807, 2.05) is 42.3 Å². The number of nitrogens with zero attached hydrogens (tertiary/aromatic N) is 2. The lowest BCUT2D eigenvalue weighted by molar-refractivity contribution is 0.352. The molecule has 0 aromatic heterocycles. The van der Waals surface area contributed by atoms with E-state index in [-0.39, 0.29) is 0 Å². The standard InChI is InChI=1S/C10H12N2O/c1-12-7-8-13-10(12)11-9-5-3-2-4-6-9/h2-6H,7-8H2,1H3. The predicted octanol–water partition coefficient (Wildman–Crippen LogP) is 1.64. The Morgan fingerprint density at radius 1 is 1.31 bits per heavy atom. The number of hydrogen-bond acceptors (Lipinski definition) is 2. The lowest BCUT2D eigenvalue weighted by Gasteiger charge is -2.07. The molecular formula is C10H12N2O. The molecule has 2 rings (SSSR count). The zero-order valence-corrected chi connectivity index (χ0v) is 7.60. The highest BCUT2D eigenvalue weighted by Gasteiger charge is 2.14. The van der Waals surface area contributed by atoms with E-state index in [0.29, 0.717) is 6.02 Å². The number of benzene rings is 1. The molecule has 0 aliphatic carbocycles. The molecule has 0 radical (unpaired) electrons. The van der Waals surface area contributed by atoms with E-state index in [9.17, 15) is 0 Å². The highest BCUT2D eigenvalue weighted by Crippen LogP contribution is 2.12. The van der Waals surface area contributed by atoms with Crippen LogP contribution in [0.4, 0.5) is 5.69 Å². The van der Waals surface area contributed by atoms with Gasteiger partial charge in [-0.25, -0.2) is 0 Å². The van der Waals surface area contributed by atoms with Gasteiger partial charge < -0.3 is 9.64 Å². The number of ether oxygens (including phenoxy) is 1. The number of aliphatic imine (C=N–C) groups is 1. The van der Waals surface area contributed by atoms with E-state index in [2.05, 4.69) is 4.99 Å². The summed E-state index contributed by atoms with van der Waals surface area (Å²) in [4.78, 5) is 6.37. The van der Waals surface area contributed by atoms with Crippen LogP contribution in [0.25, 0.3) is 0 Å². The van der Waals surface area contributed by atoms with E-state index in [1.54, 1.807) is 0 Å². The van der Waals surface area contributed by atoms with Gasteiger partial charge in [0.25, 0.3) is 6.02 Å². The van der Waals surface area contributed by atoms with Gasteiger partial charge in [0.05, 0.1) is 12.2 Å². The van der Waals surface area contributed by atoms with Gasteiger partial charge in [0.15, 0.2) is 0 Å². The Labute approximate surface area is 77.7 Å². The summed E-state index contributed by atoms with van der Waals surface area (Å²) in [5.74, 6) is 0. The van der Waals surface area contributed by atoms with Crippen LogP contribution in [0, 0.1) is 0 Å².